The Balaban J connectivity index is 2.48. The van der Waals surface area contributed by atoms with Crippen molar-refractivity contribution in [3.8, 4) is 11.4 Å². The highest BCUT2D eigenvalue weighted by atomic mass is 16.5. The highest BCUT2D eigenvalue weighted by Gasteiger charge is 2.05. The number of isocyanates is 1. The summed E-state index contributed by atoms with van der Waals surface area (Å²) < 4.78 is 6.55. The van der Waals surface area contributed by atoms with Crippen LogP contribution in [0.15, 0.2) is 29.5 Å². The fourth-order valence-electron chi connectivity index (χ4n) is 1.23. The molecule has 80 valence electrons. The summed E-state index contributed by atoms with van der Waals surface area (Å²) in [6.45, 7) is 0. The minimum absolute atomic E-state index is 0.411. The quantitative estimate of drug-likeness (QED) is 0.556. The topological polar surface area (TPSA) is 82.3 Å². The van der Waals surface area contributed by atoms with E-state index >= 15 is 0 Å². The third kappa shape index (κ3) is 1.79. The summed E-state index contributed by atoms with van der Waals surface area (Å²) in [5, 5.41) is 10.8. The average Bonchev–Trinajstić information content (AvgIpc) is 2.83. The minimum atomic E-state index is 0.411. The number of rotatable bonds is 3. The molecule has 0 aliphatic heterocycles. The molecule has 1 heterocycles. The van der Waals surface area contributed by atoms with Crippen molar-refractivity contribution in [3.63, 3.8) is 0 Å². The molecule has 0 radical (unpaired) electrons. The van der Waals surface area contributed by atoms with Crippen LogP contribution in [0, 0.1) is 0 Å². The van der Waals surface area contributed by atoms with E-state index in [1.807, 2.05) is 0 Å². The lowest BCUT2D eigenvalue weighted by Gasteiger charge is -2.05. The van der Waals surface area contributed by atoms with Crippen LogP contribution in [0.3, 0.4) is 0 Å². The minimum Gasteiger partial charge on any atom is -0.494 e. The number of nitrogens with zero attached hydrogens (tertiary/aromatic N) is 5. The smallest absolute Gasteiger partial charge is 0.240 e. The molecule has 0 spiro atoms. The maximum atomic E-state index is 10.2. The molecule has 1 aromatic carbocycles. The molecule has 0 fully saturated rings. The lowest BCUT2D eigenvalue weighted by molar-refractivity contribution is 0.415. The molecule has 0 atom stereocenters. The van der Waals surface area contributed by atoms with Crippen LogP contribution in [-0.4, -0.2) is 33.4 Å². The summed E-state index contributed by atoms with van der Waals surface area (Å²) in [4.78, 5) is 13.7. The molecule has 0 unspecified atom stereocenters. The first-order valence-corrected chi connectivity index (χ1v) is 4.34. The summed E-state index contributed by atoms with van der Waals surface area (Å²) >= 11 is 0. The predicted molar refractivity (Wildman–Crippen MR) is 53.5 cm³/mol. The number of benzene rings is 1. The van der Waals surface area contributed by atoms with Gasteiger partial charge in [-0.15, -0.1) is 5.10 Å². The van der Waals surface area contributed by atoms with Crippen LogP contribution in [0.1, 0.15) is 0 Å². The molecule has 1 aromatic heterocycles. The Morgan fingerprint density at radius 3 is 3.00 bits per heavy atom. The van der Waals surface area contributed by atoms with Crippen molar-refractivity contribution in [1.29, 1.82) is 0 Å². The predicted octanol–water partition coefficient (Wildman–Crippen LogP) is 0.638. The molecule has 2 aromatic rings. The zero-order valence-corrected chi connectivity index (χ0v) is 8.36. The maximum absolute atomic E-state index is 10.2. The van der Waals surface area contributed by atoms with Gasteiger partial charge in [-0.05, 0) is 22.6 Å². The van der Waals surface area contributed by atoms with Crippen LogP contribution in [0.5, 0.6) is 5.75 Å². The van der Waals surface area contributed by atoms with Gasteiger partial charge in [-0.25, -0.2) is 9.48 Å². The number of tetrazole rings is 1. The number of aliphatic imine (C=N–C) groups is 1. The van der Waals surface area contributed by atoms with Crippen molar-refractivity contribution in [2.45, 2.75) is 0 Å². The second-order valence-electron chi connectivity index (χ2n) is 2.81. The van der Waals surface area contributed by atoms with E-state index < -0.39 is 0 Å². The van der Waals surface area contributed by atoms with Crippen molar-refractivity contribution in [2.75, 3.05) is 7.11 Å². The molecule has 0 bridgehead atoms. The molecule has 0 aliphatic carbocycles. The highest BCUT2D eigenvalue weighted by molar-refractivity contribution is 5.60. The van der Waals surface area contributed by atoms with Gasteiger partial charge in [0.2, 0.25) is 6.08 Å². The van der Waals surface area contributed by atoms with Crippen molar-refractivity contribution in [2.24, 2.45) is 4.99 Å². The van der Waals surface area contributed by atoms with Crippen LogP contribution in [0.4, 0.5) is 5.69 Å². The Hall–Kier alpha value is -2.53. The molecule has 0 aliphatic rings. The van der Waals surface area contributed by atoms with E-state index in [4.69, 9.17) is 4.74 Å². The van der Waals surface area contributed by atoms with Crippen LogP contribution in [0.2, 0.25) is 0 Å². The zero-order chi connectivity index (χ0) is 11.4. The Morgan fingerprint density at radius 1 is 1.50 bits per heavy atom. The number of methoxy groups -OCH3 is 1. The largest absolute Gasteiger partial charge is 0.494 e. The lowest BCUT2D eigenvalue weighted by Crippen LogP contribution is -1.95. The monoisotopic (exact) mass is 217 g/mol. The summed E-state index contributed by atoms with van der Waals surface area (Å²) in [6.07, 6.45) is 2.92. The van der Waals surface area contributed by atoms with Gasteiger partial charge in [-0.1, -0.05) is 0 Å². The van der Waals surface area contributed by atoms with Gasteiger partial charge < -0.3 is 4.74 Å². The summed E-state index contributed by atoms with van der Waals surface area (Å²) in [6, 6.07) is 5.02. The van der Waals surface area contributed by atoms with Crippen LogP contribution in [-0.2, 0) is 4.79 Å². The van der Waals surface area contributed by atoms with E-state index in [2.05, 4.69) is 20.5 Å². The Morgan fingerprint density at radius 2 is 2.38 bits per heavy atom. The average molecular weight is 217 g/mol. The molecular weight excluding hydrogens is 210 g/mol. The number of carbonyl (C=O) groups excluding carboxylic acids is 1. The second-order valence-corrected chi connectivity index (χ2v) is 2.81. The van der Waals surface area contributed by atoms with Crippen molar-refractivity contribution < 1.29 is 9.53 Å². The van der Waals surface area contributed by atoms with E-state index in [1.54, 1.807) is 18.2 Å². The first-order chi connectivity index (χ1) is 7.85. The third-order valence-corrected chi connectivity index (χ3v) is 1.94. The normalized spacial score (nSPS) is 9.56. The summed E-state index contributed by atoms with van der Waals surface area (Å²) in [5.74, 6) is 0.455. The van der Waals surface area contributed by atoms with Gasteiger partial charge in [0.25, 0.3) is 0 Å². The molecule has 0 saturated heterocycles. The van der Waals surface area contributed by atoms with Crippen molar-refractivity contribution >= 4 is 11.8 Å². The molecular formula is C9H7N5O2. The number of ether oxygens (including phenoxy) is 1. The summed E-state index contributed by atoms with van der Waals surface area (Å²) in [5.41, 5.74) is 1.13. The van der Waals surface area contributed by atoms with Crippen LogP contribution < -0.4 is 4.74 Å². The van der Waals surface area contributed by atoms with Crippen LogP contribution >= 0.6 is 0 Å². The Bertz CT molecular complexity index is 531. The van der Waals surface area contributed by atoms with Gasteiger partial charge in [-0.2, -0.15) is 4.99 Å². The maximum Gasteiger partial charge on any atom is 0.240 e. The third-order valence-electron chi connectivity index (χ3n) is 1.94. The van der Waals surface area contributed by atoms with Crippen LogP contribution in [0.25, 0.3) is 5.69 Å². The lowest BCUT2D eigenvalue weighted by atomic mass is 10.2. The highest BCUT2D eigenvalue weighted by Crippen LogP contribution is 2.28. The number of hydrogen-bond donors (Lipinski definition) is 0. The summed E-state index contributed by atoms with van der Waals surface area (Å²) in [7, 11) is 1.49. The van der Waals surface area contributed by atoms with Crippen molar-refractivity contribution in [1.82, 2.24) is 20.2 Å². The van der Waals surface area contributed by atoms with Gasteiger partial charge in [-0.3, -0.25) is 0 Å². The van der Waals surface area contributed by atoms with Gasteiger partial charge in [0.05, 0.1) is 12.8 Å². The molecule has 16 heavy (non-hydrogen) atoms. The zero-order valence-electron chi connectivity index (χ0n) is 8.36. The number of hydrogen-bond acceptors (Lipinski definition) is 6. The van der Waals surface area contributed by atoms with Gasteiger partial charge >= 0.3 is 0 Å². The Labute approximate surface area is 90.4 Å². The molecule has 7 heteroatoms. The van der Waals surface area contributed by atoms with E-state index in [0.717, 1.165) is 0 Å². The SMILES string of the molecule is COc1cc(-n2cnnn2)ccc1N=C=O. The molecule has 7 nitrogen and oxygen atoms in total. The van der Waals surface area contributed by atoms with Crippen molar-refractivity contribution in [3.05, 3.63) is 24.5 Å². The molecule has 2 rings (SSSR count). The first kappa shape index (κ1) is 10.0. The van der Waals surface area contributed by atoms with Gasteiger partial charge in [0, 0.05) is 6.07 Å². The van der Waals surface area contributed by atoms with E-state index in [-0.39, 0.29) is 0 Å². The standard InChI is InChI=1S/C9H7N5O2/c1-16-9-4-7(14-5-11-12-13-14)2-3-8(9)10-6-15/h2-5H,1H3. The molecule has 0 N–H and O–H groups in total. The fraction of sp³-hybridized carbons (Fsp3) is 0.111. The van der Waals surface area contributed by atoms with E-state index in [0.29, 0.717) is 17.1 Å². The first-order valence-electron chi connectivity index (χ1n) is 4.34. The fourth-order valence-corrected chi connectivity index (χ4v) is 1.23. The second kappa shape index (κ2) is 4.33. The van der Waals surface area contributed by atoms with Gasteiger partial charge in [0.1, 0.15) is 17.8 Å². The van der Waals surface area contributed by atoms with E-state index in [1.165, 1.54) is 24.2 Å². The van der Waals surface area contributed by atoms with E-state index in [9.17, 15) is 4.79 Å². The Kier molecular flexibility index (Phi) is 2.71. The molecule has 0 saturated carbocycles. The number of aromatic nitrogens is 4. The van der Waals surface area contributed by atoms with Gasteiger partial charge in [0.15, 0.2) is 0 Å². The molecule has 0 amide bonds.